The number of aromatic amines is 1. The molecule has 0 unspecified atom stereocenters. The molecule has 0 amide bonds. The maximum Gasteiger partial charge on any atom is 0.280 e. The van der Waals surface area contributed by atoms with Crippen LogP contribution in [0.25, 0.3) is 22.4 Å². The Kier molecular flexibility index (Phi) is 4.43. The second-order valence-electron chi connectivity index (χ2n) is 5.82. The van der Waals surface area contributed by atoms with Gasteiger partial charge in [-0.2, -0.15) is 5.10 Å². The van der Waals surface area contributed by atoms with Crippen LogP contribution in [0.1, 0.15) is 17.7 Å². The molecule has 0 aliphatic heterocycles. The average Bonchev–Trinajstić information content (AvgIpc) is 3.00. The summed E-state index contributed by atoms with van der Waals surface area (Å²) in [5.41, 5.74) is 2.63. The van der Waals surface area contributed by atoms with Gasteiger partial charge in [-0.3, -0.25) is 5.10 Å². The lowest BCUT2D eigenvalue weighted by Gasteiger charge is -2.07. The van der Waals surface area contributed by atoms with Crippen LogP contribution in [-0.2, 0) is 9.84 Å². The Morgan fingerprint density at radius 2 is 1.52 bits per heavy atom. The van der Waals surface area contributed by atoms with E-state index in [1.807, 2.05) is 19.1 Å². The molecular weight excluding hydrogens is 346 g/mol. The van der Waals surface area contributed by atoms with Crippen LogP contribution in [0.4, 0.5) is 8.78 Å². The maximum absolute atomic E-state index is 13.4. The molecule has 2 aromatic carbocycles. The molecule has 25 heavy (non-hydrogen) atoms. The van der Waals surface area contributed by atoms with Gasteiger partial charge in [0, 0.05) is 17.4 Å². The molecule has 1 aromatic heterocycles. The molecular formula is C18H16F2N2O2S. The minimum Gasteiger partial charge on any atom is -0.275 e. The van der Waals surface area contributed by atoms with Gasteiger partial charge in [-0.1, -0.05) is 42.0 Å². The first-order valence-electron chi connectivity index (χ1n) is 7.51. The predicted molar refractivity (Wildman–Crippen MR) is 92.3 cm³/mol. The monoisotopic (exact) mass is 362 g/mol. The number of nitrogens with zero attached hydrogens (tertiary/aromatic N) is 1. The fourth-order valence-electron chi connectivity index (χ4n) is 2.59. The van der Waals surface area contributed by atoms with Crippen molar-refractivity contribution in [2.45, 2.75) is 18.2 Å². The SMILES string of the molecule is Cc1ccc(-c2c(-c3ccc(S(C)(=O)=O)cc3)n[nH]c2C(F)F)cc1. The third kappa shape index (κ3) is 3.46. The minimum atomic E-state index is -3.33. The molecule has 0 aliphatic carbocycles. The van der Waals surface area contributed by atoms with E-state index in [4.69, 9.17) is 0 Å². The number of H-pyrrole nitrogens is 1. The highest BCUT2D eigenvalue weighted by Gasteiger charge is 2.22. The van der Waals surface area contributed by atoms with Crippen LogP contribution in [0.15, 0.2) is 53.4 Å². The Morgan fingerprint density at radius 3 is 2.04 bits per heavy atom. The number of aryl methyl sites for hydroxylation is 1. The number of hydrogen-bond acceptors (Lipinski definition) is 3. The van der Waals surface area contributed by atoms with Gasteiger partial charge in [-0.05, 0) is 24.6 Å². The van der Waals surface area contributed by atoms with Gasteiger partial charge in [0.1, 0.15) is 11.4 Å². The van der Waals surface area contributed by atoms with Crippen LogP contribution in [0, 0.1) is 6.92 Å². The van der Waals surface area contributed by atoms with Crippen LogP contribution in [-0.4, -0.2) is 24.9 Å². The lowest BCUT2D eigenvalue weighted by Crippen LogP contribution is -1.96. The predicted octanol–water partition coefficient (Wildman–Crippen LogP) is 4.39. The van der Waals surface area contributed by atoms with E-state index in [1.165, 1.54) is 12.1 Å². The quantitative estimate of drug-likeness (QED) is 0.748. The summed E-state index contributed by atoms with van der Waals surface area (Å²) in [4.78, 5) is 0.165. The molecule has 1 heterocycles. The van der Waals surface area contributed by atoms with Crippen molar-refractivity contribution in [3.05, 3.63) is 59.8 Å². The average molecular weight is 362 g/mol. The standard InChI is InChI=1S/C18H16F2N2O2S/c1-11-3-5-12(6-4-11)15-16(21-22-17(15)18(19)20)13-7-9-14(10-8-13)25(2,23)24/h3-10,18H,1-2H3,(H,21,22). The topological polar surface area (TPSA) is 62.8 Å². The van der Waals surface area contributed by atoms with E-state index in [9.17, 15) is 17.2 Å². The second kappa shape index (κ2) is 6.40. The number of nitrogens with one attached hydrogen (secondary N) is 1. The van der Waals surface area contributed by atoms with Gasteiger partial charge in [0.15, 0.2) is 9.84 Å². The normalized spacial score (nSPS) is 11.9. The van der Waals surface area contributed by atoms with Gasteiger partial charge in [0.25, 0.3) is 6.43 Å². The van der Waals surface area contributed by atoms with Crippen LogP contribution in [0.5, 0.6) is 0 Å². The van der Waals surface area contributed by atoms with Gasteiger partial charge in [-0.25, -0.2) is 17.2 Å². The molecule has 1 N–H and O–H groups in total. The fourth-order valence-corrected chi connectivity index (χ4v) is 3.23. The summed E-state index contributed by atoms with van der Waals surface area (Å²) in [6, 6.07) is 13.2. The molecule has 4 nitrogen and oxygen atoms in total. The summed E-state index contributed by atoms with van der Waals surface area (Å²) in [6.07, 6.45) is -1.59. The summed E-state index contributed by atoms with van der Waals surface area (Å²) in [5, 5.41) is 6.46. The first-order chi connectivity index (χ1) is 11.8. The molecule has 0 fully saturated rings. The fraction of sp³-hybridized carbons (Fsp3) is 0.167. The van der Waals surface area contributed by atoms with Crippen LogP contribution in [0.2, 0.25) is 0 Å². The summed E-state index contributed by atoms with van der Waals surface area (Å²) in [5.74, 6) is 0. The third-order valence-electron chi connectivity index (χ3n) is 3.91. The Morgan fingerprint density at radius 1 is 0.960 bits per heavy atom. The lowest BCUT2D eigenvalue weighted by molar-refractivity contribution is 0.146. The van der Waals surface area contributed by atoms with Gasteiger partial charge >= 0.3 is 0 Å². The van der Waals surface area contributed by atoms with E-state index >= 15 is 0 Å². The second-order valence-corrected chi connectivity index (χ2v) is 7.84. The van der Waals surface area contributed by atoms with E-state index in [2.05, 4.69) is 10.2 Å². The smallest absolute Gasteiger partial charge is 0.275 e. The number of halogens is 2. The van der Waals surface area contributed by atoms with Crippen molar-refractivity contribution < 1.29 is 17.2 Å². The van der Waals surface area contributed by atoms with E-state index in [0.29, 0.717) is 22.4 Å². The van der Waals surface area contributed by atoms with Crippen molar-refractivity contribution in [2.24, 2.45) is 0 Å². The van der Waals surface area contributed by atoms with Crippen molar-refractivity contribution in [3.63, 3.8) is 0 Å². The van der Waals surface area contributed by atoms with E-state index in [1.54, 1.807) is 24.3 Å². The van der Waals surface area contributed by atoms with Gasteiger partial charge in [0.2, 0.25) is 0 Å². The summed E-state index contributed by atoms with van der Waals surface area (Å²) >= 11 is 0. The summed E-state index contributed by atoms with van der Waals surface area (Å²) < 4.78 is 49.9. The Balaban J connectivity index is 2.15. The Hall–Kier alpha value is -2.54. The molecule has 0 spiro atoms. The van der Waals surface area contributed by atoms with E-state index in [-0.39, 0.29) is 10.6 Å². The minimum absolute atomic E-state index is 0.165. The molecule has 0 saturated heterocycles. The van der Waals surface area contributed by atoms with Gasteiger partial charge in [-0.15, -0.1) is 0 Å². The molecule has 130 valence electrons. The molecule has 0 atom stereocenters. The molecule has 7 heteroatoms. The number of benzene rings is 2. The molecule has 3 rings (SSSR count). The first-order valence-corrected chi connectivity index (χ1v) is 9.40. The maximum atomic E-state index is 13.4. The highest BCUT2D eigenvalue weighted by molar-refractivity contribution is 7.90. The molecule has 0 bridgehead atoms. The number of sulfone groups is 1. The summed E-state index contributed by atoms with van der Waals surface area (Å²) in [7, 11) is -3.33. The third-order valence-corrected chi connectivity index (χ3v) is 5.04. The zero-order valence-electron chi connectivity index (χ0n) is 13.6. The van der Waals surface area contributed by atoms with Crippen LogP contribution >= 0.6 is 0 Å². The van der Waals surface area contributed by atoms with Crippen molar-refractivity contribution in [1.29, 1.82) is 0 Å². The van der Waals surface area contributed by atoms with Crippen LogP contribution in [0.3, 0.4) is 0 Å². The zero-order chi connectivity index (χ0) is 18.2. The summed E-state index contributed by atoms with van der Waals surface area (Å²) in [6.45, 7) is 1.91. The lowest BCUT2D eigenvalue weighted by atomic mass is 9.98. The Labute approximate surface area is 144 Å². The van der Waals surface area contributed by atoms with Crippen molar-refractivity contribution in [1.82, 2.24) is 10.2 Å². The number of hydrogen-bond donors (Lipinski definition) is 1. The highest BCUT2D eigenvalue weighted by atomic mass is 32.2. The van der Waals surface area contributed by atoms with Crippen LogP contribution < -0.4 is 0 Å². The van der Waals surface area contributed by atoms with Gasteiger partial charge in [0.05, 0.1) is 4.90 Å². The number of aromatic nitrogens is 2. The van der Waals surface area contributed by atoms with E-state index < -0.39 is 16.3 Å². The number of rotatable bonds is 4. The van der Waals surface area contributed by atoms with Crippen molar-refractivity contribution >= 4 is 9.84 Å². The van der Waals surface area contributed by atoms with Crippen molar-refractivity contribution in [2.75, 3.05) is 6.26 Å². The molecule has 0 radical (unpaired) electrons. The largest absolute Gasteiger partial charge is 0.280 e. The van der Waals surface area contributed by atoms with Crippen molar-refractivity contribution in [3.8, 4) is 22.4 Å². The Bertz CT molecular complexity index is 993. The van der Waals surface area contributed by atoms with E-state index in [0.717, 1.165) is 11.8 Å². The highest BCUT2D eigenvalue weighted by Crippen LogP contribution is 2.37. The molecule has 3 aromatic rings. The zero-order valence-corrected chi connectivity index (χ0v) is 14.4. The molecule has 0 aliphatic rings. The number of alkyl halides is 2. The van der Waals surface area contributed by atoms with Gasteiger partial charge < -0.3 is 0 Å². The molecule has 0 saturated carbocycles. The first kappa shape index (κ1) is 17.3.